The van der Waals surface area contributed by atoms with Crippen molar-refractivity contribution in [3.63, 3.8) is 0 Å². The Morgan fingerprint density at radius 2 is 1.80 bits per heavy atom. The van der Waals surface area contributed by atoms with Crippen molar-refractivity contribution in [1.82, 2.24) is 5.32 Å². The number of aliphatic hydroxyl groups excluding tert-OH is 2. The van der Waals surface area contributed by atoms with Crippen LogP contribution >= 0.6 is 0 Å². The molecule has 2 unspecified atom stereocenters. The van der Waals surface area contributed by atoms with Gasteiger partial charge in [0.15, 0.2) is 5.75 Å². The van der Waals surface area contributed by atoms with E-state index in [0.717, 1.165) is 31.2 Å². The third-order valence-corrected chi connectivity index (χ3v) is 5.40. The van der Waals surface area contributed by atoms with Crippen LogP contribution in [0.15, 0.2) is 42.5 Å². The van der Waals surface area contributed by atoms with Crippen molar-refractivity contribution in [2.45, 2.75) is 64.4 Å². The molecule has 0 amide bonds. The van der Waals surface area contributed by atoms with Gasteiger partial charge in [0, 0.05) is 18.7 Å². The van der Waals surface area contributed by atoms with Crippen molar-refractivity contribution >= 4 is 0 Å². The maximum atomic E-state index is 11.6. The van der Waals surface area contributed by atoms with E-state index in [0.29, 0.717) is 24.2 Å². The number of ether oxygens (including phenoxy) is 1. The molecule has 0 aliphatic rings. The van der Waals surface area contributed by atoms with E-state index in [1.165, 1.54) is 18.2 Å². The molecule has 2 atom stereocenters. The molecular weight excluding hydrogens is 382 g/mol. The minimum Gasteiger partial charge on any atom is -0.508 e. The Bertz CT molecular complexity index is 765. The molecule has 0 heterocycles. The zero-order valence-electron chi connectivity index (χ0n) is 17.9. The Morgan fingerprint density at radius 1 is 1.07 bits per heavy atom. The average molecular weight is 417 g/mol. The summed E-state index contributed by atoms with van der Waals surface area (Å²) in [6, 6.07) is 11.3. The number of unbranched alkanes of at least 4 members (excludes halogenated alkanes) is 3. The minimum atomic E-state index is -0.857. The molecule has 0 bridgehead atoms. The summed E-state index contributed by atoms with van der Waals surface area (Å²) in [5.74, 6) is -0.0650. The van der Waals surface area contributed by atoms with Crippen LogP contribution in [0.3, 0.4) is 0 Å². The van der Waals surface area contributed by atoms with Gasteiger partial charge in [-0.3, -0.25) is 10.4 Å². The molecule has 0 fully saturated rings. The van der Waals surface area contributed by atoms with Gasteiger partial charge in [0.1, 0.15) is 11.5 Å². The largest absolute Gasteiger partial charge is 0.508 e. The number of aromatic hydroxyl groups is 1. The van der Waals surface area contributed by atoms with Gasteiger partial charge in [0.05, 0.1) is 12.7 Å². The molecule has 0 aliphatic carbocycles. The number of rotatable bonds is 13. The molecule has 0 saturated heterocycles. The maximum absolute atomic E-state index is 11.6. The number of hydrogen-bond acceptors (Lipinski definition) is 5. The van der Waals surface area contributed by atoms with Crippen LogP contribution in [0.5, 0.6) is 11.5 Å². The Labute approximate surface area is 179 Å². The monoisotopic (exact) mass is 416 g/mol. The van der Waals surface area contributed by atoms with Gasteiger partial charge in [-0.1, -0.05) is 51.3 Å². The molecule has 0 spiro atoms. The first kappa shape index (κ1) is 24.2. The van der Waals surface area contributed by atoms with Gasteiger partial charge >= 0.3 is 0 Å². The lowest BCUT2D eigenvalue weighted by molar-refractivity contribution is -0.0868. The minimum absolute atomic E-state index is 0.00238. The number of benzene rings is 2. The van der Waals surface area contributed by atoms with E-state index >= 15 is 0 Å². The van der Waals surface area contributed by atoms with E-state index in [-0.39, 0.29) is 24.7 Å². The second-order valence-corrected chi connectivity index (χ2v) is 7.56. The number of aliphatic hydroxyl groups is 2. The molecule has 30 heavy (non-hydrogen) atoms. The molecule has 1 radical (unpaired) electrons. The van der Waals surface area contributed by atoms with Gasteiger partial charge < -0.3 is 20.1 Å². The molecular formula is C24H34NO5. The van der Waals surface area contributed by atoms with Crippen LogP contribution in [-0.2, 0) is 22.2 Å². The fraction of sp³-hybridized carbons (Fsp3) is 0.500. The smallest absolute Gasteiger partial charge is 0.178 e. The van der Waals surface area contributed by atoms with Crippen LogP contribution in [0.2, 0.25) is 0 Å². The van der Waals surface area contributed by atoms with Gasteiger partial charge in [-0.05, 0) is 48.2 Å². The number of nitrogens with one attached hydrogen (secondary N) is 1. The second-order valence-electron chi connectivity index (χ2n) is 7.56. The Hall–Kier alpha value is -2.12. The van der Waals surface area contributed by atoms with Crippen LogP contribution in [-0.4, -0.2) is 28.5 Å². The summed E-state index contributed by atoms with van der Waals surface area (Å²) in [4.78, 5) is 0. The van der Waals surface area contributed by atoms with Crippen molar-refractivity contribution in [3.05, 3.63) is 59.2 Å². The van der Waals surface area contributed by atoms with E-state index < -0.39 is 11.8 Å². The van der Waals surface area contributed by atoms with E-state index in [1.54, 1.807) is 24.3 Å². The van der Waals surface area contributed by atoms with E-state index in [4.69, 9.17) is 4.74 Å². The summed E-state index contributed by atoms with van der Waals surface area (Å²) in [5, 5.41) is 44.7. The lowest BCUT2D eigenvalue weighted by atomic mass is 9.98. The van der Waals surface area contributed by atoms with Crippen LogP contribution in [0.4, 0.5) is 0 Å². The zero-order valence-corrected chi connectivity index (χ0v) is 17.9. The van der Waals surface area contributed by atoms with Gasteiger partial charge in [-0.25, -0.2) is 0 Å². The first-order chi connectivity index (χ1) is 14.5. The highest BCUT2D eigenvalue weighted by molar-refractivity contribution is 5.36. The number of phenols is 1. The predicted octanol–water partition coefficient (Wildman–Crippen LogP) is 4.51. The highest BCUT2D eigenvalue weighted by Gasteiger charge is 2.32. The first-order valence-corrected chi connectivity index (χ1v) is 10.7. The molecule has 4 N–H and O–H groups in total. The van der Waals surface area contributed by atoms with E-state index in [1.807, 2.05) is 6.92 Å². The highest BCUT2D eigenvalue weighted by Crippen LogP contribution is 2.30. The fourth-order valence-corrected chi connectivity index (χ4v) is 3.49. The summed E-state index contributed by atoms with van der Waals surface area (Å²) < 4.78 is 6.30. The van der Waals surface area contributed by atoms with Gasteiger partial charge in [0.2, 0.25) is 0 Å². The molecule has 0 saturated carbocycles. The van der Waals surface area contributed by atoms with Crippen molar-refractivity contribution in [3.8, 4) is 11.5 Å². The summed E-state index contributed by atoms with van der Waals surface area (Å²) in [6.45, 7) is 4.64. The Morgan fingerprint density at radius 3 is 2.43 bits per heavy atom. The highest BCUT2D eigenvalue weighted by atomic mass is 16.5. The number of hydrogen-bond donors (Lipinski definition) is 4. The van der Waals surface area contributed by atoms with Gasteiger partial charge in [-0.2, -0.15) is 0 Å². The van der Waals surface area contributed by atoms with Crippen LogP contribution < -0.4 is 5.32 Å². The lowest BCUT2D eigenvalue weighted by Crippen LogP contribution is -2.46. The third-order valence-electron chi connectivity index (χ3n) is 5.40. The third kappa shape index (κ3) is 6.44. The molecule has 6 nitrogen and oxygen atoms in total. The molecule has 165 valence electrons. The van der Waals surface area contributed by atoms with Crippen molar-refractivity contribution in [2.75, 3.05) is 13.2 Å². The SMILES string of the molecule is CCCCCCOC(CC)(NCC(O)c1ccc(O)c(CO)c1)c1ccc([O])cc1. The first-order valence-electron chi connectivity index (χ1n) is 10.7. The van der Waals surface area contributed by atoms with Gasteiger partial charge in [0.25, 0.3) is 0 Å². The molecule has 0 aliphatic heterocycles. The summed E-state index contributed by atoms with van der Waals surface area (Å²) in [7, 11) is 0. The quantitative estimate of drug-likeness (QED) is 0.284. The van der Waals surface area contributed by atoms with Crippen molar-refractivity contribution < 1.29 is 25.2 Å². The van der Waals surface area contributed by atoms with Crippen molar-refractivity contribution in [2.24, 2.45) is 0 Å². The van der Waals surface area contributed by atoms with E-state index in [2.05, 4.69) is 12.2 Å². The van der Waals surface area contributed by atoms with Gasteiger partial charge in [-0.15, -0.1) is 0 Å². The van der Waals surface area contributed by atoms with Crippen LogP contribution in [0, 0.1) is 0 Å². The summed E-state index contributed by atoms with van der Waals surface area (Å²) in [6.07, 6.45) is 4.10. The van der Waals surface area contributed by atoms with Crippen LogP contribution in [0.25, 0.3) is 0 Å². The average Bonchev–Trinajstić information content (AvgIpc) is 2.76. The Balaban J connectivity index is 2.15. The molecule has 2 aromatic carbocycles. The van der Waals surface area contributed by atoms with Crippen molar-refractivity contribution in [1.29, 1.82) is 0 Å². The fourth-order valence-electron chi connectivity index (χ4n) is 3.49. The lowest BCUT2D eigenvalue weighted by Gasteiger charge is -2.35. The molecule has 0 aromatic heterocycles. The second kappa shape index (κ2) is 11.9. The molecule has 6 heteroatoms. The molecule has 2 aromatic rings. The predicted molar refractivity (Wildman–Crippen MR) is 116 cm³/mol. The maximum Gasteiger partial charge on any atom is 0.178 e. The molecule has 2 rings (SSSR count). The normalized spacial score (nSPS) is 14.4. The standard InChI is InChI=1S/C24H34NO5/c1-3-5-6-7-14-30-24(4-2,20-9-11-21(27)12-10-20)25-16-23(29)18-8-13-22(28)19(15-18)17-26/h8-13,15,23,25-26,28-29H,3-7,14,16-17H2,1-2H3. The zero-order chi connectivity index (χ0) is 22.0. The van der Waals surface area contributed by atoms with E-state index in [9.17, 15) is 20.4 Å². The summed E-state index contributed by atoms with van der Waals surface area (Å²) >= 11 is 0. The van der Waals surface area contributed by atoms with Crippen LogP contribution in [0.1, 0.15) is 68.7 Å². The Kier molecular flexibility index (Phi) is 9.59. The summed E-state index contributed by atoms with van der Waals surface area (Å²) in [5.41, 5.74) is 0.977. The topological polar surface area (TPSA) is 102 Å².